The van der Waals surface area contributed by atoms with Crippen molar-refractivity contribution in [2.45, 2.75) is 40.0 Å². The van der Waals surface area contributed by atoms with Crippen molar-refractivity contribution in [1.29, 1.82) is 0 Å². The van der Waals surface area contributed by atoms with Crippen molar-refractivity contribution >= 4 is 11.9 Å². The summed E-state index contributed by atoms with van der Waals surface area (Å²) < 4.78 is 1.81. The first-order valence-electron chi connectivity index (χ1n) is 9.00. The van der Waals surface area contributed by atoms with Gasteiger partial charge in [0.15, 0.2) is 5.69 Å². The summed E-state index contributed by atoms with van der Waals surface area (Å²) in [5.41, 5.74) is 4.63. The van der Waals surface area contributed by atoms with E-state index in [4.69, 9.17) is 5.11 Å². The summed E-state index contributed by atoms with van der Waals surface area (Å²) >= 11 is 0. The molecule has 1 aliphatic heterocycles. The first-order valence-corrected chi connectivity index (χ1v) is 9.00. The Labute approximate surface area is 153 Å². The summed E-state index contributed by atoms with van der Waals surface area (Å²) in [6, 6.07) is 8.04. The van der Waals surface area contributed by atoms with Crippen molar-refractivity contribution in [2.24, 2.45) is 5.92 Å². The number of nitrogens with zero attached hydrogens (tertiary/aromatic N) is 3. The molecular weight excluding hydrogens is 330 g/mol. The van der Waals surface area contributed by atoms with E-state index in [1.54, 1.807) is 4.90 Å². The van der Waals surface area contributed by atoms with Crippen LogP contribution in [0.15, 0.2) is 24.3 Å². The first-order chi connectivity index (χ1) is 12.3. The Morgan fingerprint density at radius 3 is 2.27 bits per heavy atom. The number of aromatic nitrogens is 2. The molecule has 0 spiro atoms. The maximum absolute atomic E-state index is 12.8. The van der Waals surface area contributed by atoms with Gasteiger partial charge in [-0.25, -0.2) is 4.68 Å². The SMILES string of the molecule is Cc1cc(C)cc(-n2nc(C(=O)N3CCC(CC(=O)O)CC3)cc2C)c1. The molecule has 0 aliphatic carbocycles. The highest BCUT2D eigenvalue weighted by atomic mass is 16.4. The van der Waals surface area contributed by atoms with E-state index in [0.717, 1.165) is 35.3 Å². The Morgan fingerprint density at radius 2 is 1.69 bits per heavy atom. The predicted octanol–water partition coefficient (Wildman–Crippen LogP) is 3.12. The number of hydrogen-bond donors (Lipinski definition) is 1. The molecule has 26 heavy (non-hydrogen) atoms. The molecule has 0 bridgehead atoms. The van der Waals surface area contributed by atoms with Crippen LogP contribution in [0.4, 0.5) is 0 Å². The number of carbonyl (C=O) groups is 2. The summed E-state index contributed by atoms with van der Waals surface area (Å²) in [6.07, 6.45) is 1.64. The minimum absolute atomic E-state index is 0.0787. The van der Waals surface area contributed by atoms with Gasteiger partial charge < -0.3 is 10.0 Å². The van der Waals surface area contributed by atoms with Crippen LogP contribution < -0.4 is 0 Å². The van der Waals surface area contributed by atoms with Crippen LogP contribution in [0.25, 0.3) is 5.69 Å². The number of carbonyl (C=O) groups excluding carboxylic acids is 1. The zero-order valence-corrected chi connectivity index (χ0v) is 15.5. The third-order valence-corrected chi connectivity index (χ3v) is 4.92. The molecule has 2 heterocycles. The van der Waals surface area contributed by atoms with Gasteiger partial charge in [-0.2, -0.15) is 5.10 Å². The van der Waals surface area contributed by atoms with Gasteiger partial charge in [-0.05, 0) is 68.9 Å². The van der Waals surface area contributed by atoms with Crippen LogP contribution in [0.1, 0.15) is 46.6 Å². The molecule has 1 aliphatic rings. The Hall–Kier alpha value is -2.63. The largest absolute Gasteiger partial charge is 0.481 e. The Balaban J connectivity index is 1.74. The molecule has 0 saturated carbocycles. The van der Waals surface area contributed by atoms with E-state index < -0.39 is 5.97 Å². The number of hydrogen-bond acceptors (Lipinski definition) is 3. The van der Waals surface area contributed by atoms with Crippen LogP contribution in [0, 0.1) is 26.7 Å². The van der Waals surface area contributed by atoms with Gasteiger partial charge in [0.2, 0.25) is 0 Å². The summed E-state index contributed by atoms with van der Waals surface area (Å²) in [5, 5.41) is 13.4. The molecule has 138 valence electrons. The molecule has 1 aromatic carbocycles. The molecule has 2 aromatic rings. The number of likely N-dealkylation sites (tertiary alicyclic amines) is 1. The van der Waals surface area contributed by atoms with E-state index in [-0.39, 0.29) is 18.2 Å². The molecule has 1 N–H and O–H groups in total. The van der Waals surface area contributed by atoms with Crippen LogP contribution in [0.5, 0.6) is 0 Å². The molecule has 1 saturated heterocycles. The summed E-state index contributed by atoms with van der Waals surface area (Å²) in [7, 11) is 0. The fourth-order valence-electron chi connectivity index (χ4n) is 3.66. The topological polar surface area (TPSA) is 75.4 Å². The number of rotatable bonds is 4. The molecule has 0 radical (unpaired) electrons. The molecule has 3 rings (SSSR count). The fraction of sp³-hybridized carbons (Fsp3) is 0.450. The average Bonchev–Trinajstić information content (AvgIpc) is 2.95. The predicted molar refractivity (Wildman–Crippen MR) is 98.7 cm³/mol. The molecule has 6 nitrogen and oxygen atoms in total. The molecule has 1 aromatic heterocycles. The lowest BCUT2D eigenvalue weighted by Crippen LogP contribution is -2.39. The number of carboxylic acid groups (broad SMARTS) is 1. The number of benzene rings is 1. The molecule has 0 unspecified atom stereocenters. The van der Waals surface area contributed by atoms with Gasteiger partial charge in [0.1, 0.15) is 0 Å². The normalized spacial score (nSPS) is 15.3. The third-order valence-electron chi connectivity index (χ3n) is 4.92. The third kappa shape index (κ3) is 3.95. The maximum Gasteiger partial charge on any atom is 0.303 e. The lowest BCUT2D eigenvalue weighted by Gasteiger charge is -2.30. The van der Waals surface area contributed by atoms with Gasteiger partial charge in [0, 0.05) is 25.2 Å². The standard InChI is InChI=1S/C20H25N3O3/c1-13-8-14(2)10-17(9-13)23-15(3)11-18(21-23)20(26)22-6-4-16(5-7-22)12-19(24)25/h8-11,16H,4-7,12H2,1-3H3,(H,24,25). The number of amides is 1. The highest BCUT2D eigenvalue weighted by molar-refractivity contribution is 5.92. The summed E-state index contributed by atoms with van der Waals surface area (Å²) in [5.74, 6) is -0.686. The zero-order chi connectivity index (χ0) is 18.8. The second-order valence-corrected chi connectivity index (χ2v) is 7.26. The summed E-state index contributed by atoms with van der Waals surface area (Å²) in [4.78, 5) is 25.4. The molecule has 0 atom stereocenters. The van der Waals surface area contributed by atoms with E-state index in [1.165, 1.54) is 0 Å². The maximum atomic E-state index is 12.8. The van der Waals surface area contributed by atoms with Crippen molar-refractivity contribution in [3.8, 4) is 5.69 Å². The van der Waals surface area contributed by atoms with Crippen molar-refractivity contribution in [3.63, 3.8) is 0 Å². The van der Waals surface area contributed by atoms with Crippen molar-refractivity contribution in [2.75, 3.05) is 13.1 Å². The number of piperidine rings is 1. The number of carboxylic acids is 1. The highest BCUT2D eigenvalue weighted by Crippen LogP contribution is 2.22. The quantitative estimate of drug-likeness (QED) is 0.914. The highest BCUT2D eigenvalue weighted by Gasteiger charge is 2.26. The monoisotopic (exact) mass is 355 g/mol. The van der Waals surface area contributed by atoms with E-state index in [9.17, 15) is 9.59 Å². The number of aliphatic carboxylic acids is 1. The lowest BCUT2D eigenvalue weighted by molar-refractivity contribution is -0.138. The van der Waals surface area contributed by atoms with Crippen LogP contribution in [-0.2, 0) is 4.79 Å². The fourth-order valence-corrected chi connectivity index (χ4v) is 3.66. The molecule has 1 amide bonds. The molecule has 1 fully saturated rings. The average molecular weight is 355 g/mol. The van der Waals surface area contributed by atoms with Crippen molar-refractivity contribution in [1.82, 2.24) is 14.7 Å². The smallest absolute Gasteiger partial charge is 0.303 e. The van der Waals surface area contributed by atoms with Crippen molar-refractivity contribution in [3.05, 3.63) is 46.8 Å². The minimum atomic E-state index is -0.766. The first kappa shape index (κ1) is 18.2. The minimum Gasteiger partial charge on any atom is -0.481 e. The van der Waals surface area contributed by atoms with Gasteiger partial charge in [-0.3, -0.25) is 9.59 Å². The van der Waals surface area contributed by atoms with E-state index >= 15 is 0 Å². The molecular formula is C20H25N3O3. The summed E-state index contributed by atoms with van der Waals surface area (Å²) in [6.45, 7) is 7.21. The molecule has 6 heteroatoms. The Kier molecular flexibility index (Phi) is 5.11. The van der Waals surface area contributed by atoms with Crippen LogP contribution in [-0.4, -0.2) is 44.8 Å². The second-order valence-electron chi connectivity index (χ2n) is 7.26. The van der Waals surface area contributed by atoms with E-state index in [1.807, 2.05) is 31.5 Å². The lowest BCUT2D eigenvalue weighted by atomic mass is 9.93. The van der Waals surface area contributed by atoms with E-state index in [2.05, 4.69) is 23.3 Å². The Bertz CT molecular complexity index is 813. The van der Waals surface area contributed by atoms with Gasteiger partial charge in [-0.1, -0.05) is 6.07 Å². The second kappa shape index (κ2) is 7.32. The van der Waals surface area contributed by atoms with Gasteiger partial charge >= 0.3 is 5.97 Å². The van der Waals surface area contributed by atoms with Crippen LogP contribution in [0.2, 0.25) is 0 Å². The Morgan fingerprint density at radius 1 is 1.08 bits per heavy atom. The van der Waals surface area contributed by atoms with E-state index in [0.29, 0.717) is 18.8 Å². The number of aryl methyl sites for hydroxylation is 3. The van der Waals surface area contributed by atoms with Gasteiger partial charge in [0.05, 0.1) is 5.69 Å². The van der Waals surface area contributed by atoms with Crippen LogP contribution >= 0.6 is 0 Å². The van der Waals surface area contributed by atoms with Gasteiger partial charge in [0.25, 0.3) is 5.91 Å². The van der Waals surface area contributed by atoms with Crippen LogP contribution in [0.3, 0.4) is 0 Å². The van der Waals surface area contributed by atoms with Gasteiger partial charge in [-0.15, -0.1) is 0 Å². The van der Waals surface area contributed by atoms with Crippen molar-refractivity contribution < 1.29 is 14.7 Å². The zero-order valence-electron chi connectivity index (χ0n) is 15.5.